The zero-order chi connectivity index (χ0) is 23.6. The van der Waals surface area contributed by atoms with Crippen LogP contribution in [0.3, 0.4) is 0 Å². The number of benzene rings is 2. The Morgan fingerprint density at radius 2 is 1.28 bits per heavy atom. The first-order valence-electron chi connectivity index (χ1n) is 10.0. The summed E-state index contributed by atoms with van der Waals surface area (Å²) in [6.45, 7) is 2.08. The van der Waals surface area contributed by atoms with Gasteiger partial charge in [-0.15, -0.1) is 0 Å². The molecule has 0 saturated carbocycles. The molecule has 0 aliphatic carbocycles. The molecule has 0 bridgehead atoms. The molecule has 0 amide bonds. The minimum absolute atomic E-state index is 0.0212. The highest BCUT2D eigenvalue weighted by molar-refractivity contribution is 7.90. The topological polar surface area (TPSA) is 166 Å². The van der Waals surface area contributed by atoms with Crippen LogP contribution < -0.4 is 0 Å². The van der Waals surface area contributed by atoms with Crippen molar-refractivity contribution < 1.29 is 16.8 Å². The van der Waals surface area contributed by atoms with Gasteiger partial charge < -0.3 is 0 Å². The summed E-state index contributed by atoms with van der Waals surface area (Å²) in [5.41, 5.74) is 18.7. The second-order valence-electron chi connectivity index (χ2n) is 7.21. The molecular formula is C20H24N6O4S2. The highest BCUT2D eigenvalue weighted by Gasteiger charge is 2.14. The van der Waals surface area contributed by atoms with E-state index in [4.69, 9.17) is 11.1 Å². The maximum atomic E-state index is 11.8. The smallest absolute Gasteiger partial charge is 0.216 e. The van der Waals surface area contributed by atoms with E-state index in [1.165, 1.54) is 24.3 Å². The lowest BCUT2D eigenvalue weighted by Gasteiger charge is -2.15. The Balaban J connectivity index is 1.85. The van der Waals surface area contributed by atoms with E-state index < -0.39 is 20.0 Å². The van der Waals surface area contributed by atoms with E-state index in [9.17, 15) is 16.8 Å². The lowest BCUT2D eigenvalue weighted by molar-refractivity contribution is 0.545. The molecule has 32 heavy (non-hydrogen) atoms. The number of azide groups is 2. The molecule has 1 unspecified atom stereocenters. The van der Waals surface area contributed by atoms with Crippen molar-refractivity contribution in [3.8, 4) is 0 Å². The third kappa shape index (κ3) is 7.00. The third-order valence-electron chi connectivity index (χ3n) is 5.17. The Hall–Kier alpha value is -3.04. The predicted octanol–water partition coefficient (Wildman–Crippen LogP) is 5.98. The zero-order valence-electron chi connectivity index (χ0n) is 17.6. The van der Waals surface area contributed by atoms with Gasteiger partial charge in [0.2, 0.25) is 0 Å². The highest BCUT2D eigenvalue weighted by atomic mass is 32.2. The summed E-state index contributed by atoms with van der Waals surface area (Å²) < 4.78 is 52.6. The summed E-state index contributed by atoms with van der Waals surface area (Å²) in [5, 5.41) is 0. The summed E-state index contributed by atoms with van der Waals surface area (Å²) in [6.07, 6.45) is 5.64. The van der Waals surface area contributed by atoms with Gasteiger partial charge in [0.25, 0.3) is 20.0 Å². The summed E-state index contributed by atoms with van der Waals surface area (Å²) in [7, 11) is -7.93. The Kier molecular flexibility index (Phi) is 9.10. The lowest BCUT2D eigenvalue weighted by Crippen LogP contribution is -2.00. The van der Waals surface area contributed by atoms with E-state index in [-0.39, 0.29) is 9.79 Å². The molecule has 0 fully saturated rings. The van der Waals surface area contributed by atoms with Crippen LogP contribution in [0.25, 0.3) is 20.9 Å². The molecule has 0 aliphatic heterocycles. The Morgan fingerprint density at radius 1 is 0.781 bits per heavy atom. The van der Waals surface area contributed by atoms with Crippen molar-refractivity contribution in [2.24, 2.45) is 9.04 Å². The van der Waals surface area contributed by atoms with Crippen LogP contribution >= 0.6 is 0 Å². The summed E-state index contributed by atoms with van der Waals surface area (Å²) in [5.74, 6) is 0.302. The molecule has 12 heteroatoms. The van der Waals surface area contributed by atoms with Crippen LogP contribution in [0.5, 0.6) is 0 Å². The van der Waals surface area contributed by atoms with Crippen LogP contribution in [0.4, 0.5) is 0 Å². The van der Waals surface area contributed by atoms with Crippen molar-refractivity contribution >= 4 is 20.0 Å². The molecule has 2 aromatic rings. The highest BCUT2D eigenvalue weighted by Crippen LogP contribution is 2.27. The number of sulfonamides is 2. The standard InChI is InChI=1S/C20H24N6O4S2/c1-2-17(18-10-14-20(15-11-18)32(29,30)26-24-22)7-5-3-4-6-16-8-12-19(13-9-16)31(27,28)25-23-21/h8-15,17H,2-7H2,1H3. The van der Waals surface area contributed by atoms with Gasteiger partial charge in [-0.05, 0) is 78.1 Å². The van der Waals surface area contributed by atoms with Gasteiger partial charge in [0.15, 0.2) is 0 Å². The van der Waals surface area contributed by atoms with Gasteiger partial charge in [-0.1, -0.05) is 44.0 Å². The van der Waals surface area contributed by atoms with Gasteiger partial charge in [0.1, 0.15) is 0 Å². The second kappa shape index (κ2) is 11.5. The van der Waals surface area contributed by atoms with Crippen LogP contribution in [0, 0.1) is 0 Å². The molecular weight excluding hydrogens is 452 g/mol. The van der Waals surface area contributed by atoms with Crippen LogP contribution in [0.1, 0.15) is 56.1 Å². The summed E-state index contributed by atoms with van der Waals surface area (Å²) in [4.78, 5) is 4.64. The average molecular weight is 477 g/mol. The summed E-state index contributed by atoms with van der Waals surface area (Å²) in [6, 6.07) is 12.8. The molecule has 1 atom stereocenters. The van der Waals surface area contributed by atoms with Crippen molar-refractivity contribution in [2.45, 2.75) is 61.2 Å². The molecule has 0 saturated heterocycles. The molecule has 0 heterocycles. The zero-order valence-corrected chi connectivity index (χ0v) is 19.2. The van der Waals surface area contributed by atoms with Crippen molar-refractivity contribution in [1.29, 1.82) is 0 Å². The van der Waals surface area contributed by atoms with E-state index in [0.29, 0.717) is 5.92 Å². The maximum Gasteiger partial charge on any atom is 0.264 e. The largest absolute Gasteiger partial charge is 0.264 e. The van der Waals surface area contributed by atoms with Crippen molar-refractivity contribution in [1.82, 2.24) is 0 Å². The first kappa shape index (κ1) is 25.2. The van der Waals surface area contributed by atoms with E-state index in [1.54, 1.807) is 24.3 Å². The van der Waals surface area contributed by atoms with Gasteiger partial charge in [0.05, 0.1) is 9.79 Å². The molecule has 0 spiro atoms. The summed E-state index contributed by atoms with van der Waals surface area (Å²) >= 11 is 0. The number of hydrogen-bond acceptors (Lipinski definition) is 4. The Labute approximate surface area is 187 Å². The number of rotatable bonds is 12. The minimum atomic E-state index is -3.97. The normalized spacial score (nSPS) is 12.4. The van der Waals surface area contributed by atoms with Crippen LogP contribution in [-0.4, -0.2) is 16.8 Å². The average Bonchev–Trinajstić information content (AvgIpc) is 2.77. The molecule has 170 valence electrons. The number of unbranched alkanes of at least 4 members (excludes halogenated alkanes) is 2. The monoisotopic (exact) mass is 476 g/mol. The fourth-order valence-corrected chi connectivity index (χ4v) is 4.77. The first-order chi connectivity index (χ1) is 15.2. The number of aryl methyl sites for hydroxylation is 1. The van der Waals surface area contributed by atoms with Gasteiger partial charge in [-0.3, -0.25) is 0 Å². The van der Waals surface area contributed by atoms with Gasteiger partial charge in [-0.2, -0.15) is 0 Å². The molecule has 2 aromatic carbocycles. The van der Waals surface area contributed by atoms with Crippen LogP contribution in [0.2, 0.25) is 0 Å². The Morgan fingerprint density at radius 3 is 1.75 bits per heavy atom. The molecule has 0 radical (unpaired) electrons. The fraction of sp³-hybridized carbons (Fsp3) is 0.400. The number of nitrogens with zero attached hydrogens (tertiary/aromatic N) is 6. The van der Waals surface area contributed by atoms with E-state index >= 15 is 0 Å². The molecule has 0 aliphatic rings. The van der Waals surface area contributed by atoms with Gasteiger partial charge in [-0.25, -0.2) is 16.8 Å². The molecule has 0 aromatic heterocycles. The van der Waals surface area contributed by atoms with Crippen molar-refractivity contribution in [3.05, 3.63) is 80.5 Å². The van der Waals surface area contributed by atoms with E-state index in [2.05, 4.69) is 25.8 Å². The predicted molar refractivity (Wildman–Crippen MR) is 121 cm³/mol. The first-order valence-corrected chi connectivity index (χ1v) is 12.9. The second-order valence-corrected chi connectivity index (χ2v) is 10.4. The van der Waals surface area contributed by atoms with E-state index in [1.807, 2.05) is 0 Å². The SMILES string of the molecule is CCC(CCCCCc1ccc(S(=O)(=O)N=[N+]=[N-])cc1)c1ccc(S(=O)(=O)N=[N+]=[N-])cc1. The van der Waals surface area contributed by atoms with Gasteiger partial charge in [0, 0.05) is 18.9 Å². The minimum Gasteiger partial charge on any atom is -0.216 e. The molecule has 2 rings (SSSR count). The van der Waals surface area contributed by atoms with Crippen LogP contribution in [0.15, 0.2) is 67.4 Å². The van der Waals surface area contributed by atoms with Crippen molar-refractivity contribution in [2.75, 3.05) is 0 Å². The van der Waals surface area contributed by atoms with Gasteiger partial charge >= 0.3 is 0 Å². The molecule has 10 nitrogen and oxygen atoms in total. The maximum absolute atomic E-state index is 11.8. The van der Waals surface area contributed by atoms with E-state index in [0.717, 1.165) is 49.7 Å². The van der Waals surface area contributed by atoms with Crippen LogP contribution in [-0.2, 0) is 26.5 Å². The number of hydrogen-bond donors (Lipinski definition) is 0. The Bertz CT molecular complexity index is 1210. The third-order valence-corrected chi connectivity index (χ3v) is 7.48. The fourth-order valence-electron chi connectivity index (χ4n) is 3.43. The quantitative estimate of drug-likeness (QED) is 0.159. The molecule has 0 N–H and O–H groups in total. The lowest BCUT2D eigenvalue weighted by atomic mass is 9.91. The van der Waals surface area contributed by atoms with Crippen molar-refractivity contribution in [3.63, 3.8) is 0 Å².